The van der Waals surface area contributed by atoms with Crippen LogP contribution in [0.2, 0.25) is 0 Å². The highest BCUT2D eigenvalue weighted by Gasteiger charge is 2.17. The number of nitrogens with one attached hydrogen (secondary N) is 2. The molecule has 2 rings (SSSR count). The first kappa shape index (κ1) is 13.5. The number of aryl methyl sites for hydroxylation is 2. The minimum atomic E-state index is 0. The summed E-state index contributed by atoms with van der Waals surface area (Å²) in [5.41, 5.74) is 3.71. The zero-order valence-corrected chi connectivity index (χ0v) is 11.0. The van der Waals surface area contributed by atoms with E-state index in [0.717, 1.165) is 31.9 Å². The van der Waals surface area contributed by atoms with Crippen LogP contribution in [0.25, 0.3) is 0 Å². The van der Waals surface area contributed by atoms with Gasteiger partial charge in [0.15, 0.2) is 0 Å². The number of hydrogen-bond donors (Lipinski definition) is 2. The molecule has 0 spiro atoms. The van der Waals surface area contributed by atoms with Crippen molar-refractivity contribution in [1.29, 1.82) is 0 Å². The molecule has 1 aliphatic rings. The largest absolute Gasteiger partial charge is 0.312 e. The maximum atomic E-state index is 4.23. The van der Waals surface area contributed by atoms with E-state index in [0.29, 0.717) is 6.04 Å². The third kappa shape index (κ3) is 2.97. The van der Waals surface area contributed by atoms with Crippen molar-refractivity contribution in [2.24, 2.45) is 0 Å². The van der Waals surface area contributed by atoms with Crippen molar-refractivity contribution in [3.63, 3.8) is 0 Å². The molecule has 0 amide bonds. The molecule has 1 saturated heterocycles. The standard InChI is InChI=1S/C11H20N4.ClH/c1-8-6-15(5-4-12-8)7-11-9(2)13-14-10(11)3;/h8,12H,4-7H2,1-3H3,(H,13,14);1H/t8-;/m1./s1. The number of aromatic nitrogens is 2. The highest BCUT2D eigenvalue weighted by atomic mass is 35.5. The number of H-pyrrole nitrogens is 1. The van der Waals surface area contributed by atoms with Crippen LogP contribution in [0.3, 0.4) is 0 Å². The fraction of sp³-hybridized carbons (Fsp3) is 0.727. The Hall–Kier alpha value is -0.580. The lowest BCUT2D eigenvalue weighted by atomic mass is 10.1. The van der Waals surface area contributed by atoms with Crippen molar-refractivity contribution in [3.8, 4) is 0 Å². The Morgan fingerprint density at radius 3 is 2.75 bits per heavy atom. The SMILES string of the molecule is Cc1n[nH]c(C)c1CN1CCN[C@H](C)C1.Cl. The molecule has 92 valence electrons. The third-order valence-corrected chi connectivity index (χ3v) is 3.12. The van der Waals surface area contributed by atoms with E-state index in [9.17, 15) is 0 Å². The number of piperazine rings is 1. The van der Waals surface area contributed by atoms with Gasteiger partial charge in [0.25, 0.3) is 0 Å². The Morgan fingerprint density at radius 2 is 2.19 bits per heavy atom. The molecule has 2 heterocycles. The molecule has 1 atom stereocenters. The van der Waals surface area contributed by atoms with Gasteiger partial charge in [-0.1, -0.05) is 0 Å². The van der Waals surface area contributed by atoms with Crippen LogP contribution in [0, 0.1) is 13.8 Å². The lowest BCUT2D eigenvalue weighted by Crippen LogP contribution is -2.48. The van der Waals surface area contributed by atoms with Gasteiger partial charge in [-0.25, -0.2) is 0 Å². The number of rotatable bonds is 2. The Balaban J connectivity index is 0.00000128. The molecular formula is C11H21ClN4. The zero-order valence-electron chi connectivity index (χ0n) is 10.2. The van der Waals surface area contributed by atoms with Crippen molar-refractivity contribution in [2.75, 3.05) is 19.6 Å². The molecule has 1 aliphatic heterocycles. The first-order chi connectivity index (χ1) is 7.16. The maximum absolute atomic E-state index is 4.23. The molecule has 0 unspecified atom stereocenters. The summed E-state index contributed by atoms with van der Waals surface area (Å²) in [5.74, 6) is 0. The van der Waals surface area contributed by atoms with E-state index in [1.165, 1.54) is 11.3 Å². The molecule has 5 heteroatoms. The van der Waals surface area contributed by atoms with E-state index >= 15 is 0 Å². The van der Waals surface area contributed by atoms with Gasteiger partial charge in [0.05, 0.1) is 5.69 Å². The normalized spacial score (nSPS) is 21.8. The van der Waals surface area contributed by atoms with E-state index in [1.807, 2.05) is 0 Å². The summed E-state index contributed by atoms with van der Waals surface area (Å²) < 4.78 is 0. The summed E-state index contributed by atoms with van der Waals surface area (Å²) in [6, 6.07) is 0.603. The molecule has 0 bridgehead atoms. The van der Waals surface area contributed by atoms with Crippen molar-refractivity contribution in [3.05, 3.63) is 17.0 Å². The molecule has 0 saturated carbocycles. The summed E-state index contributed by atoms with van der Waals surface area (Å²) in [7, 11) is 0. The van der Waals surface area contributed by atoms with Crippen LogP contribution in [-0.2, 0) is 6.54 Å². The van der Waals surface area contributed by atoms with Gasteiger partial charge in [-0.15, -0.1) is 12.4 Å². The van der Waals surface area contributed by atoms with Crippen LogP contribution < -0.4 is 5.32 Å². The Morgan fingerprint density at radius 1 is 1.44 bits per heavy atom. The van der Waals surface area contributed by atoms with E-state index in [4.69, 9.17) is 0 Å². The van der Waals surface area contributed by atoms with Crippen LogP contribution in [0.1, 0.15) is 23.9 Å². The van der Waals surface area contributed by atoms with Crippen LogP contribution in [-0.4, -0.2) is 40.8 Å². The first-order valence-corrected chi connectivity index (χ1v) is 5.63. The minimum absolute atomic E-state index is 0. The van der Waals surface area contributed by atoms with Gasteiger partial charge < -0.3 is 5.32 Å². The summed E-state index contributed by atoms with van der Waals surface area (Å²) in [6.45, 7) is 10.8. The zero-order chi connectivity index (χ0) is 10.8. The smallest absolute Gasteiger partial charge is 0.0639 e. The van der Waals surface area contributed by atoms with Gasteiger partial charge in [-0.2, -0.15) is 5.10 Å². The minimum Gasteiger partial charge on any atom is -0.312 e. The van der Waals surface area contributed by atoms with E-state index in [2.05, 4.69) is 41.2 Å². The molecule has 0 radical (unpaired) electrons. The summed E-state index contributed by atoms with van der Waals surface area (Å²) >= 11 is 0. The fourth-order valence-electron chi connectivity index (χ4n) is 2.19. The molecular weight excluding hydrogens is 224 g/mol. The highest BCUT2D eigenvalue weighted by Crippen LogP contribution is 2.13. The molecule has 4 nitrogen and oxygen atoms in total. The fourth-order valence-corrected chi connectivity index (χ4v) is 2.19. The highest BCUT2D eigenvalue weighted by molar-refractivity contribution is 5.85. The van der Waals surface area contributed by atoms with Crippen LogP contribution in [0.4, 0.5) is 0 Å². The second-order valence-corrected chi connectivity index (χ2v) is 4.50. The third-order valence-electron chi connectivity index (χ3n) is 3.12. The number of halogens is 1. The van der Waals surface area contributed by atoms with Gasteiger partial charge in [0.2, 0.25) is 0 Å². The topological polar surface area (TPSA) is 44.0 Å². The van der Waals surface area contributed by atoms with Crippen molar-refractivity contribution in [2.45, 2.75) is 33.4 Å². The van der Waals surface area contributed by atoms with Crippen LogP contribution in [0.15, 0.2) is 0 Å². The molecule has 16 heavy (non-hydrogen) atoms. The summed E-state index contributed by atoms with van der Waals surface area (Å²) in [5, 5.41) is 10.7. The summed E-state index contributed by atoms with van der Waals surface area (Å²) in [6.07, 6.45) is 0. The average Bonchev–Trinajstić information content (AvgIpc) is 2.50. The molecule has 0 aliphatic carbocycles. The molecule has 0 aromatic carbocycles. The molecule has 1 aromatic heterocycles. The van der Waals surface area contributed by atoms with Gasteiger partial charge in [-0.05, 0) is 20.8 Å². The van der Waals surface area contributed by atoms with Gasteiger partial charge in [0.1, 0.15) is 0 Å². The second kappa shape index (κ2) is 5.66. The van der Waals surface area contributed by atoms with E-state index < -0.39 is 0 Å². The van der Waals surface area contributed by atoms with Gasteiger partial charge >= 0.3 is 0 Å². The predicted molar refractivity (Wildman–Crippen MR) is 68.1 cm³/mol. The van der Waals surface area contributed by atoms with Crippen LogP contribution >= 0.6 is 12.4 Å². The lowest BCUT2D eigenvalue weighted by Gasteiger charge is -2.31. The van der Waals surface area contributed by atoms with Gasteiger partial charge in [0, 0.05) is 43.5 Å². The number of nitrogens with zero attached hydrogens (tertiary/aromatic N) is 2. The predicted octanol–water partition coefficient (Wildman–Crippen LogP) is 1.24. The van der Waals surface area contributed by atoms with Crippen molar-refractivity contribution < 1.29 is 0 Å². The Kier molecular flexibility index (Phi) is 4.77. The van der Waals surface area contributed by atoms with E-state index in [-0.39, 0.29) is 12.4 Å². The first-order valence-electron chi connectivity index (χ1n) is 5.63. The second-order valence-electron chi connectivity index (χ2n) is 4.50. The maximum Gasteiger partial charge on any atom is 0.0639 e. The molecule has 1 fully saturated rings. The lowest BCUT2D eigenvalue weighted by molar-refractivity contribution is 0.199. The number of hydrogen-bond acceptors (Lipinski definition) is 3. The summed E-state index contributed by atoms with van der Waals surface area (Å²) in [4.78, 5) is 2.49. The van der Waals surface area contributed by atoms with Gasteiger partial charge in [-0.3, -0.25) is 10.00 Å². The van der Waals surface area contributed by atoms with Crippen LogP contribution in [0.5, 0.6) is 0 Å². The monoisotopic (exact) mass is 244 g/mol. The van der Waals surface area contributed by atoms with Crippen molar-refractivity contribution >= 4 is 12.4 Å². The molecule has 2 N–H and O–H groups in total. The quantitative estimate of drug-likeness (QED) is 0.823. The Bertz CT molecular complexity index is 317. The van der Waals surface area contributed by atoms with E-state index in [1.54, 1.807) is 0 Å². The van der Waals surface area contributed by atoms with Crippen molar-refractivity contribution in [1.82, 2.24) is 20.4 Å². The Labute approximate surface area is 103 Å². The number of aromatic amines is 1. The average molecular weight is 245 g/mol. The molecule has 1 aromatic rings.